The first-order valence-corrected chi connectivity index (χ1v) is 28.3. The molecule has 0 bridgehead atoms. The maximum atomic E-state index is 5.95. The zero-order valence-corrected chi connectivity index (χ0v) is 45.4. The fourth-order valence-corrected chi connectivity index (χ4v) is 13.0. The van der Waals surface area contributed by atoms with E-state index in [1.165, 1.54) is 97.2 Å². The van der Waals surface area contributed by atoms with Crippen molar-refractivity contribution >= 4 is 142 Å². The van der Waals surface area contributed by atoms with Gasteiger partial charge in [0.25, 0.3) is 0 Å². The minimum absolute atomic E-state index is 0.280. The van der Waals surface area contributed by atoms with E-state index in [2.05, 4.69) is 232 Å². The van der Waals surface area contributed by atoms with Crippen LogP contribution in [0.1, 0.15) is 0 Å². The fraction of sp³-hybridized carbons (Fsp3) is 0. The quantitative estimate of drug-likeness (QED) is 0.141. The smallest absolute Gasteiger partial charge is 0.235 e. The molecular weight excluding hydrogens is 1030 g/mol. The van der Waals surface area contributed by atoms with Crippen molar-refractivity contribution in [3.05, 3.63) is 284 Å². The van der Waals surface area contributed by atoms with Crippen LogP contribution in [0.25, 0.3) is 159 Å². The molecule has 0 fully saturated rings. The molecule has 0 aliphatic rings. The van der Waals surface area contributed by atoms with Crippen molar-refractivity contribution in [1.29, 1.82) is 0 Å². The fourth-order valence-electron chi connectivity index (χ4n) is 12.8. The molecule has 0 saturated carbocycles. The van der Waals surface area contributed by atoms with Gasteiger partial charge in [0.1, 0.15) is 0 Å². The van der Waals surface area contributed by atoms with Gasteiger partial charge in [-0.25, -0.2) is 19.9 Å². The van der Waals surface area contributed by atoms with Gasteiger partial charge in [-0.2, -0.15) is 0 Å². The van der Waals surface area contributed by atoms with E-state index in [0.29, 0.717) is 5.95 Å². The van der Waals surface area contributed by atoms with Gasteiger partial charge in [0.05, 0.1) is 39.0 Å². The molecule has 0 unspecified atom stereocenters. The number of nitrogens with one attached hydrogen (secondary N) is 1. The second-order valence-corrected chi connectivity index (χ2v) is 21.3. The van der Waals surface area contributed by atoms with Gasteiger partial charge >= 0.3 is 0 Å². The highest BCUT2D eigenvalue weighted by Crippen LogP contribution is 2.45. The second-order valence-electron chi connectivity index (χ2n) is 21.0. The number of benzene rings is 14. The molecule has 0 spiro atoms. The van der Waals surface area contributed by atoms with E-state index in [1.54, 1.807) is 0 Å². The van der Waals surface area contributed by atoms with Crippen LogP contribution in [0.2, 0.25) is 5.28 Å². The lowest BCUT2D eigenvalue weighted by atomic mass is 9.93. The first kappa shape index (κ1) is 48.1. The molecule has 83 heavy (non-hydrogen) atoms. The minimum atomic E-state index is 0.280. The number of aromatic amines is 1. The van der Waals surface area contributed by atoms with Gasteiger partial charge in [-0.1, -0.05) is 255 Å². The first-order chi connectivity index (χ1) is 41.1. The van der Waals surface area contributed by atoms with E-state index in [-0.39, 0.29) is 5.28 Å². The SMILES string of the molecule is Clc1nc(-c2ccccc2)c2ccccc2n1.c1ccc(-c2nc(-n3c4ccccc4c4c5ccc6ccccc6c5c5ccccc5c43)nc3ccccc23)cc1.c1ccc2c(c1)ccc1c2c2ccccc2c2[nH]c3ccccc3c12. The number of para-hydroxylation sites is 4. The number of aromatic nitrogens is 6. The molecule has 4 heterocycles. The third-order valence-corrected chi connectivity index (χ3v) is 16.5. The highest BCUT2D eigenvalue weighted by molar-refractivity contribution is 6.37. The number of fused-ring (bicyclic) bond motifs is 22. The summed E-state index contributed by atoms with van der Waals surface area (Å²) in [6.07, 6.45) is 0. The first-order valence-electron chi connectivity index (χ1n) is 27.9. The van der Waals surface area contributed by atoms with Gasteiger partial charge in [0.2, 0.25) is 11.2 Å². The van der Waals surface area contributed by atoms with Crippen LogP contribution >= 0.6 is 11.6 Å². The largest absolute Gasteiger partial charge is 0.354 e. The van der Waals surface area contributed by atoms with Crippen LogP contribution in [0.5, 0.6) is 0 Å². The summed E-state index contributed by atoms with van der Waals surface area (Å²) in [6.45, 7) is 0. The second kappa shape index (κ2) is 19.8. The van der Waals surface area contributed by atoms with E-state index in [0.717, 1.165) is 55.4 Å². The summed E-state index contributed by atoms with van der Waals surface area (Å²) in [6, 6.07) is 97.8. The van der Waals surface area contributed by atoms with Gasteiger partial charge in [0, 0.05) is 59.7 Å². The molecule has 0 aliphatic heterocycles. The molecule has 0 amide bonds. The Hall–Kier alpha value is -10.8. The summed E-state index contributed by atoms with van der Waals surface area (Å²) in [4.78, 5) is 22.7. The molecule has 0 aliphatic carbocycles. The maximum absolute atomic E-state index is 5.95. The number of halogens is 1. The van der Waals surface area contributed by atoms with Gasteiger partial charge < -0.3 is 4.98 Å². The van der Waals surface area contributed by atoms with E-state index in [4.69, 9.17) is 21.6 Å². The average Bonchev–Trinajstić information content (AvgIpc) is 2.27. The van der Waals surface area contributed by atoms with Crippen molar-refractivity contribution in [2.75, 3.05) is 0 Å². The maximum Gasteiger partial charge on any atom is 0.235 e. The summed E-state index contributed by atoms with van der Waals surface area (Å²) in [5.41, 5.74) is 10.4. The van der Waals surface area contributed by atoms with E-state index in [1.807, 2.05) is 66.7 Å². The van der Waals surface area contributed by atoms with E-state index in [9.17, 15) is 0 Å². The predicted octanol–water partition coefficient (Wildman–Crippen LogP) is 20.6. The Balaban J connectivity index is 0.000000114. The summed E-state index contributed by atoms with van der Waals surface area (Å²) in [5.74, 6) is 0.680. The molecule has 7 heteroatoms. The zero-order valence-electron chi connectivity index (χ0n) is 44.7. The normalized spacial score (nSPS) is 11.7. The minimum Gasteiger partial charge on any atom is -0.354 e. The Morgan fingerprint density at radius 1 is 0.289 bits per heavy atom. The van der Waals surface area contributed by atoms with Crippen LogP contribution in [-0.4, -0.2) is 29.5 Å². The van der Waals surface area contributed by atoms with Crippen molar-refractivity contribution < 1.29 is 0 Å². The molecule has 4 aromatic heterocycles. The monoisotopic (exact) mass is 1080 g/mol. The van der Waals surface area contributed by atoms with Crippen LogP contribution in [0.3, 0.4) is 0 Å². The van der Waals surface area contributed by atoms with Gasteiger partial charge in [-0.15, -0.1) is 0 Å². The highest BCUT2D eigenvalue weighted by atomic mass is 35.5. The van der Waals surface area contributed by atoms with Crippen LogP contribution in [0.4, 0.5) is 0 Å². The Kier molecular flexibility index (Phi) is 11.5. The van der Waals surface area contributed by atoms with Gasteiger partial charge in [0.15, 0.2) is 0 Å². The van der Waals surface area contributed by atoms with Crippen molar-refractivity contribution in [2.45, 2.75) is 0 Å². The molecule has 1 N–H and O–H groups in total. The predicted molar refractivity (Wildman–Crippen MR) is 350 cm³/mol. The molecule has 6 nitrogen and oxygen atoms in total. The lowest BCUT2D eigenvalue weighted by Gasteiger charge is -2.14. The Bertz CT molecular complexity index is 5600. The number of nitrogens with zero attached hydrogens (tertiary/aromatic N) is 5. The molecule has 0 atom stereocenters. The zero-order chi connectivity index (χ0) is 55.0. The van der Waals surface area contributed by atoms with Crippen LogP contribution in [-0.2, 0) is 0 Å². The standard InChI is InChI=1S/C38H23N3.C24H15N.C14H9ClN2/c1-2-13-25(14-3-1)36-29-18-8-10-20-32(29)39-38(40-36)41-33-21-11-9-19-30(33)35-31-23-22-24-12-4-5-15-26(24)34(31)27-16-6-7-17-28(27)37(35)41;1-2-8-16-15(7-1)13-14-20-22(16)17-9-3-4-10-18(17)24-23(20)19-11-5-6-12-21(19)25-24;15-14-16-12-9-5-4-8-11(12)13(17-14)10-6-2-1-3-7-10/h1-23H;1-14,25H;1-9H. The lowest BCUT2D eigenvalue weighted by Crippen LogP contribution is -2.03. The number of H-pyrrole nitrogens is 1. The van der Waals surface area contributed by atoms with Crippen molar-refractivity contribution in [3.63, 3.8) is 0 Å². The number of hydrogen-bond acceptors (Lipinski definition) is 4. The topological polar surface area (TPSA) is 72.3 Å². The number of rotatable bonds is 3. The lowest BCUT2D eigenvalue weighted by molar-refractivity contribution is 1.02. The van der Waals surface area contributed by atoms with Crippen LogP contribution in [0.15, 0.2) is 279 Å². The third-order valence-electron chi connectivity index (χ3n) is 16.4. The van der Waals surface area contributed by atoms with Crippen LogP contribution in [0, 0.1) is 0 Å². The Morgan fingerprint density at radius 3 is 1.36 bits per heavy atom. The number of hydrogen-bond donors (Lipinski definition) is 1. The Morgan fingerprint density at radius 2 is 0.735 bits per heavy atom. The third kappa shape index (κ3) is 7.94. The molecule has 0 radical (unpaired) electrons. The Labute approximate surface area is 481 Å². The summed E-state index contributed by atoms with van der Waals surface area (Å²) < 4.78 is 2.28. The van der Waals surface area contributed by atoms with Crippen molar-refractivity contribution in [3.8, 4) is 28.5 Å². The van der Waals surface area contributed by atoms with Crippen molar-refractivity contribution in [1.82, 2.24) is 29.5 Å². The van der Waals surface area contributed by atoms with E-state index < -0.39 is 0 Å². The van der Waals surface area contributed by atoms with Crippen molar-refractivity contribution in [2.24, 2.45) is 0 Å². The molecule has 388 valence electrons. The molecule has 0 saturated heterocycles. The summed E-state index contributed by atoms with van der Waals surface area (Å²) >= 11 is 5.95. The average molecular weight is 1080 g/mol. The summed E-state index contributed by atoms with van der Waals surface area (Å²) in [7, 11) is 0. The highest BCUT2D eigenvalue weighted by Gasteiger charge is 2.23. The van der Waals surface area contributed by atoms with Gasteiger partial charge in [-0.05, 0) is 89.7 Å². The molecule has 18 rings (SSSR count). The molecule has 14 aromatic carbocycles. The molecule has 18 aromatic rings. The van der Waals surface area contributed by atoms with E-state index >= 15 is 0 Å². The van der Waals surface area contributed by atoms with Gasteiger partial charge in [-0.3, -0.25) is 4.57 Å². The van der Waals surface area contributed by atoms with Crippen LogP contribution < -0.4 is 0 Å². The molecular formula is C76H47ClN6. The summed E-state index contributed by atoms with van der Waals surface area (Å²) in [5, 5.41) is 22.8.